The molecule has 0 aliphatic carbocycles. The molecule has 6 nitrogen and oxygen atoms in total. The van der Waals surface area contributed by atoms with Crippen LogP contribution in [0.4, 0.5) is 0 Å². The van der Waals surface area contributed by atoms with Crippen LogP contribution in [0.5, 0.6) is 0 Å². The second-order valence-electron chi connectivity index (χ2n) is 6.00. The van der Waals surface area contributed by atoms with Gasteiger partial charge in [0, 0.05) is 32.1 Å². The number of amides is 2. The molecule has 0 bridgehead atoms. The lowest BCUT2D eigenvalue weighted by Crippen LogP contribution is -2.51. The highest BCUT2D eigenvalue weighted by molar-refractivity contribution is 5.80. The summed E-state index contributed by atoms with van der Waals surface area (Å²) in [6, 6.07) is 0.353. The zero-order chi connectivity index (χ0) is 15.2. The van der Waals surface area contributed by atoms with Crippen LogP contribution in [-0.2, 0) is 14.3 Å². The van der Waals surface area contributed by atoms with Gasteiger partial charge in [0.05, 0.1) is 19.1 Å². The maximum absolute atomic E-state index is 12.6. The van der Waals surface area contributed by atoms with E-state index in [0.29, 0.717) is 13.2 Å². The lowest BCUT2D eigenvalue weighted by atomic mass is 9.98. The molecule has 2 N–H and O–H groups in total. The van der Waals surface area contributed by atoms with Gasteiger partial charge < -0.3 is 20.3 Å². The highest BCUT2D eigenvalue weighted by Gasteiger charge is 2.37. The van der Waals surface area contributed by atoms with Crippen LogP contribution in [0.3, 0.4) is 0 Å². The summed E-state index contributed by atoms with van der Waals surface area (Å²) in [6.45, 7) is 7.17. The largest absolute Gasteiger partial charge is 0.379 e. The summed E-state index contributed by atoms with van der Waals surface area (Å²) in [5.74, 6) is 0.143. The zero-order valence-corrected chi connectivity index (χ0v) is 13.1. The Kier molecular flexibility index (Phi) is 5.99. The molecular formula is C15H27N3O3. The molecule has 0 spiro atoms. The maximum Gasteiger partial charge on any atom is 0.229 e. The van der Waals surface area contributed by atoms with E-state index in [9.17, 15) is 9.59 Å². The first-order valence-corrected chi connectivity index (χ1v) is 7.98. The van der Waals surface area contributed by atoms with Crippen molar-refractivity contribution in [3.8, 4) is 0 Å². The Balaban J connectivity index is 1.82. The van der Waals surface area contributed by atoms with Crippen molar-refractivity contribution in [1.29, 1.82) is 0 Å². The summed E-state index contributed by atoms with van der Waals surface area (Å²) in [4.78, 5) is 25.6. The fourth-order valence-electron chi connectivity index (χ4n) is 3.09. The smallest absolute Gasteiger partial charge is 0.229 e. The normalized spacial score (nSPS) is 26.9. The van der Waals surface area contributed by atoms with Gasteiger partial charge in [0.2, 0.25) is 11.8 Å². The molecule has 0 aromatic heterocycles. The van der Waals surface area contributed by atoms with Gasteiger partial charge >= 0.3 is 0 Å². The van der Waals surface area contributed by atoms with Gasteiger partial charge in [0.25, 0.3) is 0 Å². The standard InChI is InChI=1S/C15H27N3O3/c1-3-6-16-14-10-21-9-13(14)15(20)18-7-4-12(5-8-18)17-11(2)19/h12-14,16H,3-10H2,1-2H3,(H,17,19). The first-order valence-electron chi connectivity index (χ1n) is 7.98. The molecule has 2 fully saturated rings. The topological polar surface area (TPSA) is 70.7 Å². The first kappa shape index (κ1) is 16.2. The number of ether oxygens (including phenoxy) is 1. The van der Waals surface area contributed by atoms with Gasteiger partial charge in [0.15, 0.2) is 0 Å². The lowest BCUT2D eigenvalue weighted by molar-refractivity contribution is -0.137. The number of likely N-dealkylation sites (tertiary alicyclic amines) is 1. The monoisotopic (exact) mass is 297 g/mol. The fraction of sp³-hybridized carbons (Fsp3) is 0.867. The van der Waals surface area contributed by atoms with Crippen molar-refractivity contribution in [2.75, 3.05) is 32.8 Å². The van der Waals surface area contributed by atoms with Crippen LogP contribution >= 0.6 is 0 Å². The van der Waals surface area contributed by atoms with Gasteiger partial charge in [-0.3, -0.25) is 9.59 Å². The van der Waals surface area contributed by atoms with Gasteiger partial charge in [-0.2, -0.15) is 0 Å². The summed E-state index contributed by atoms with van der Waals surface area (Å²) >= 11 is 0. The van der Waals surface area contributed by atoms with Gasteiger partial charge in [-0.25, -0.2) is 0 Å². The van der Waals surface area contributed by atoms with E-state index in [1.54, 1.807) is 0 Å². The fourth-order valence-corrected chi connectivity index (χ4v) is 3.09. The van der Waals surface area contributed by atoms with Gasteiger partial charge in [-0.15, -0.1) is 0 Å². The molecule has 0 aromatic carbocycles. The number of carbonyl (C=O) groups is 2. The Morgan fingerprint density at radius 2 is 1.95 bits per heavy atom. The molecule has 2 saturated heterocycles. The average Bonchev–Trinajstić information content (AvgIpc) is 2.93. The van der Waals surface area contributed by atoms with E-state index in [4.69, 9.17) is 4.74 Å². The number of piperidine rings is 1. The maximum atomic E-state index is 12.6. The quantitative estimate of drug-likeness (QED) is 0.757. The molecule has 2 rings (SSSR count). The SMILES string of the molecule is CCCNC1COCC1C(=O)N1CCC(NC(C)=O)CC1. The lowest BCUT2D eigenvalue weighted by Gasteiger charge is -2.34. The summed E-state index contributed by atoms with van der Waals surface area (Å²) in [5.41, 5.74) is 0. The van der Waals surface area contributed by atoms with E-state index in [2.05, 4.69) is 17.6 Å². The molecule has 2 unspecified atom stereocenters. The Morgan fingerprint density at radius 1 is 1.24 bits per heavy atom. The van der Waals surface area contributed by atoms with Crippen LogP contribution < -0.4 is 10.6 Å². The van der Waals surface area contributed by atoms with Crippen LogP contribution in [0, 0.1) is 5.92 Å². The predicted octanol–water partition coefficient (Wildman–Crippen LogP) is 0.128. The van der Waals surface area contributed by atoms with Gasteiger partial charge in [-0.05, 0) is 25.8 Å². The zero-order valence-electron chi connectivity index (χ0n) is 13.1. The van der Waals surface area contributed by atoms with Crippen molar-refractivity contribution in [3.63, 3.8) is 0 Å². The van der Waals surface area contributed by atoms with E-state index < -0.39 is 0 Å². The Hall–Kier alpha value is -1.14. The second-order valence-corrected chi connectivity index (χ2v) is 6.00. The van der Waals surface area contributed by atoms with Crippen LogP contribution in [0.1, 0.15) is 33.1 Å². The molecule has 0 saturated carbocycles. The third kappa shape index (κ3) is 4.41. The molecule has 2 atom stereocenters. The number of carbonyl (C=O) groups excluding carboxylic acids is 2. The Labute approximate surface area is 126 Å². The molecule has 2 aliphatic rings. The number of rotatable bonds is 5. The molecule has 2 heterocycles. The number of nitrogens with one attached hydrogen (secondary N) is 2. The van der Waals surface area contributed by atoms with Crippen molar-refractivity contribution >= 4 is 11.8 Å². The minimum absolute atomic E-state index is 0.00722. The van der Waals surface area contributed by atoms with E-state index in [-0.39, 0.29) is 29.8 Å². The molecule has 2 amide bonds. The highest BCUT2D eigenvalue weighted by atomic mass is 16.5. The van der Waals surface area contributed by atoms with Crippen molar-refractivity contribution in [2.24, 2.45) is 5.92 Å². The number of hydrogen-bond donors (Lipinski definition) is 2. The Bertz CT molecular complexity index is 367. The van der Waals surface area contributed by atoms with Gasteiger partial charge in [0.1, 0.15) is 0 Å². The van der Waals surface area contributed by atoms with Crippen molar-refractivity contribution in [3.05, 3.63) is 0 Å². The molecule has 0 radical (unpaired) electrons. The molecule has 2 aliphatic heterocycles. The van der Waals surface area contributed by atoms with E-state index in [1.807, 2.05) is 4.90 Å². The molecule has 21 heavy (non-hydrogen) atoms. The third-order valence-corrected chi connectivity index (χ3v) is 4.27. The number of nitrogens with zero attached hydrogens (tertiary/aromatic N) is 1. The molecular weight excluding hydrogens is 270 g/mol. The Morgan fingerprint density at radius 3 is 2.57 bits per heavy atom. The summed E-state index contributed by atoms with van der Waals surface area (Å²) < 4.78 is 5.49. The van der Waals surface area contributed by atoms with Crippen molar-refractivity contribution < 1.29 is 14.3 Å². The number of hydrogen-bond acceptors (Lipinski definition) is 4. The molecule has 120 valence electrons. The first-order chi connectivity index (χ1) is 10.1. The van der Waals surface area contributed by atoms with Crippen molar-refractivity contribution in [2.45, 2.75) is 45.2 Å². The highest BCUT2D eigenvalue weighted by Crippen LogP contribution is 2.20. The minimum atomic E-state index is -0.0612. The van der Waals surface area contributed by atoms with Crippen LogP contribution in [0.2, 0.25) is 0 Å². The van der Waals surface area contributed by atoms with Crippen molar-refractivity contribution in [1.82, 2.24) is 15.5 Å². The third-order valence-electron chi connectivity index (χ3n) is 4.27. The van der Waals surface area contributed by atoms with E-state index >= 15 is 0 Å². The van der Waals surface area contributed by atoms with Crippen LogP contribution in [0.25, 0.3) is 0 Å². The van der Waals surface area contributed by atoms with Gasteiger partial charge in [-0.1, -0.05) is 6.92 Å². The van der Waals surface area contributed by atoms with E-state index in [1.165, 1.54) is 6.92 Å². The average molecular weight is 297 g/mol. The predicted molar refractivity (Wildman–Crippen MR) is 79.8 cm³/mol. The second kappa shape index (κ2) is 7.75. The molecule has 6 heteroatoms. The van der Waals surface area contributed by atoms with E-state index in [0.717, 1.165) is 38.9 Å². The molecule has 0 aromatic rings. The summed E-state index contributed by atoms with van der Waals surface area (Å²) in [6.07, 6.45) is 2.73. The summed E-state index contributed by atoms with van der Waals surface area (Å²) in [7, 11) is 0. The van der Waals surface area contributed by atoms with Crippen LogP contribution in [0.15, 0.2) is 0 Å². The summed E-state index contributed by atoms with van der Waals surface area (Å²) in [5, 5.41) is 6.34. The van der Waals surface area contributed by atoms with Crippen LogP contribution in [-0.4, -0.2) is 61.6 Å². The minimum Gasteiger partial charge on any atom is -0.379 e.